The number of sulfonamides is 1. The molecule has 1 heterocycles. The molecule has 0 spiro atoms. The lowest BCUT2D eigenvalue weighted by molar-refractivity contribution is 0.372. The number of aliphatic imine (C=N–C) groups is 1. The monoisotopic (exact) mass is 365 g/mol. The minimum Gasteiger partial charge on any atom is -0.359 e. The number of aromatic nitrogens is 1. The van der Waals surface area contributed by atoms with Gasteiger partial charge in [-0.2, -0.15) is 0 Å². The Morgan fingerprint density at radius 3 is 2.60 bits per heavy atom. The van der Waals surface area contributed by atoms with E-state index in [9.17, 15) is 8.42 Å². The van der Waals surface area contributed by atoms with E-state index in [0.717, 1.165) is 11.3 Å². The Morgan fingerprint density at radius 2 is 2.00 bits per heavy atom. The Kier molecular flexibility index (Phi) is 6.16. The van der Waals surface area contributed by atoms with Gasteiger partial charge in [-0.15, -0.1) is 0 Å². The van der Waals surface area contributed by atoms with Crippen LogP contribution in [-0.4, -0.2) is 26.6 Å². The summed E-state index contributed by atoms with van der Waals surface area (Å²) in [7, 11) is -2.06. The first-order chi connectivity index (χ1) is 11.8. The molecule has 0 amide bonds. The zero-order valence-electron chi connectivity index (χ0n) is 14.5. The molecular formula is C16H23N5O3S. The van der Waals surface area contributed by atoms with Crippen molar-refractivity contribution in [2.24, 2.45) is 10.1 Å². The third-order valence-electron chi connectivity index (χ3n) is 3.51. The Labute approximate surface area is 147 Å². The summed E-state index contributed by atoms with van der Waals surface area (Å²) in [4.78, 5) is 4.20. The fourth-order valence-electron chi connectivity index (χ4n) is 2.09. The quantitative estimate of drug-likeness (QED) is 0.524. The minimum atomic E-state index is -3.71. The van der Waals surface area contributed by atoms with Gasteiger partial charge in [0.25, 0.3) is 0 Å². The molecule has 1 aromatic heterocycles. The van der Waals surface area contributed by atoms with E-state index in [4.69, 9.17) is 9.66 Å². The van der Waals surface area contributed by atoms with Crippen LogP contribution in [0, 0.1) is 0 Å². The molecule has 1 aromatic carbocycles. The maximum atomic E-state index is 11.4. The number of rotatable bonds is 6. The summed E-state index contributed by atoms with van der Waals surface area (Å²) in [5.41, 5.74) is 1.68. The summed E-state index contributed by atoms with van der Waals surface area (Å²) in [6.45, 7) is 4.93. The summed E-state index contributed by atoms with van der Waals surface area (Å²) >= 11 is 0. The van der Waals surface area contributed by atoms with Gasteiger partial charge >= 0.3 is 0 Å². The standard InChI is InChI=1S/C16H23N5O3S/c1-11(2)15-8-13(24-21-15)10-20-16(18-3)19-9-12-5-4-6-14(7-12)25(17,22)23/h4-8,11H,9-10H2,1-3H3,(H2,17,22,23)(H2,18,19,20). The average Bonchev–Trinajstić information content (AvgIpc) is 3.04. The van der Waals surface area contributed by atoms with Gasteiger partial charge in [0.15, 0.2) is 11.7 Å². The molecule has 25 heavy (non-hydrogen) atoms. The molecule has 0 fully saturated rings. The molecule has 0 aliphatic heterocycles. The van der Waals surface area contributed by atoms with E-state index in [-0.39, 0.29) is 4.90 Å². The van der Waals surface area contributed by atoms with E-state index < -0.39 is 10.0 Å². The highest BCUT2D eigenvalue weighted by atomic mass is 32.2. The van der Waals surface area contributed by atoms with Gasteiger partial charge in [0.05, 0.1) is 17.1 Å². The second-order valence-electron chi connectivity index (χ2n) is 5.84. The predicted molar refractivity (Wildman–Crippen MR) is 95.4 cm³/mol. The van der Waals surface area contributed by atoms with Gasteiger partial charge in [0.2, 0.25) is 10.0 Å². The van der Waals surface area contributed by atoms with Crippen molar-refractivity contribution in [3.63, 3.8) is 0 Å². The van der Waals surface area contributed by atoms with Crippen molar-refractivity contribution in [2.45, 2.75) is 37.8 Å². The van der Waals surface area contributed by atoms with Crippen molar-refractivity contribution in [3.8, 4) is 0 Å². The number of benzene rings is 1. The first-order valence-corrected chi connectivity index (χ1v) is 9.36. The molecule has 0 unspecified atom stereocenters. The van der Waals surface area contributed by atoms with Crippen LogP contribution in [0.3, 0.4) is 0 Å². The number of nitrogens with two attached hydrogens (primary N) is 1. The third kappa shape index (κ3) is 5.57. The summed E-state index contributed by atoms with van der Waals surface area (Å²) < 4.78 is 28.0. The van der Waals surface area contributed by atoms with E-state index >= 15 is 0 Å². The van der Waals surface area contributed by atoms with E-state index in [1.165, 1.54) is 12.1 Å². The molecule has 0 aliphatic rings. The van der Waals surface area contributed by atoms with Crippen LogP contribution in [0.5, 0.6) is 0 Å². The Bertz CT molecular complexity index is 843. The van der Waals surface area contributed by atoms with Crippen molar-refractivity contribution in [2.75, 3.05) is 7.05 Å². The molecule has 0 saturated heterocycles. The van der Waals surface area contributed by atoms with E-state index in [0.29, 0.717) is 30.7 Å². The van der Waals surface area contributed by atoms with Gasteiger partial charge in [0, 0.05) is 19.7 Å². The molecule has 0 bridgehead atoms. The smallest absolute Gasteiger partial charge is 0.238 e. The zero-order valence-corrected chi connectivity index (χ0v) is 15.3. The number of hydrogen-bond donors (Lipinski definition) is 3. The van der Waals surface area contributed by atoms with Gasteiger partial charge in [-0.05, 0) is 23.6 Å². The molecule has 8 nitrogen and oxygen atoms in total. The fraction of sp³-hybridized carbons (Fsp3) is 0.375. The number of hydrogen-bond acceptors (Lipinski definition) is 5. The number of primary sulfonamides is 1. The second kappa shape index (κ2) is 8.13. The van der Waals surface area contributed by atoms with Crippen molar-refractivity contribution >= 4 is 16.0 Å². The number of nitrogens with zero attached hydrogens (tertiary/aromatic N) is 2. The molecule has 0 atom stereocenters. The van der Waals surface area contributed by atoms with Crippen LogP contribution in [0.15, 0.2) is 44.7 Å². The fourth-order valence-corrected chi connectivity index (χ4v) is 2.68. The van der Waals surface area contributed by atoms with Gasteiger partial charge in [0.1, 0.15) is 0 Å². The lowest BCUT2D eigenvalue weighted by atomic mass is 10.1. The number of nitrogens with one attached hydrogen (secondary N) is 2. The van der Waals surface area contributed by atoms with Crippen LogP contribution >= 0.6 is 0 Å². The van der Waals surface area contributed by atoms with Crippen LogP contribution < -0.4 is 15.8 Å². The highest BCUT2D eigenvalue weighted by molar-refractivity contribution is 7.89. The Hall–Kier alpha value is -2.39. The van der Waals surface area contributed by atoms with E-state index in [1.807, 2.05) is 19.9 Å². The molecule has 2 aromatic rings. The van der Waals surface area contributed by atoms with Gasteiger partial charge < -0.3 is 15.2 Å². The third-order valence-corrected chi connectivity index (χ3v) is 4.42. The van der Waals surface area contributed by atoms with Crippen LogP contribution in [0.2, 0.25) is 0 Å². The Morgan fingerprint density at radius 1 is 1.28 bits per heavy atom. The Balaban J connectivity index is 1.92. The van der Waals surface area contributed by atoms with E-state index in [2.05, 4.69) is 20.8 Å². The van der Waals surface area contributed by atoms with Crippen molar-refractivity contribution in [1.29, 1.82) is 0 Å². The topological polar surface area (TPSA) is 123 Å². The first kappa shape index (κ1) is 18.9. The van der Waals surface area contributed by atoms with Gasteiger partial charge in [-0.25, -0.2) is 13.6 Å². The maximum absolute atomic E-state index is 11.4. The molecule has 2 rings (SSSR count). The normalized spacial score (nSPS) is 12.4. The molecule has 9 heteroatoms. The molecule has 4 N–H and O–H groups in total. The number of guanidine groups is 1. The van der Waals surface area contributed by atoms with Crippen LogP contribution in [-0.2, 0) is 23.1 Å². The summed E-state index contributed by atoms with van der Waals surface area (Å²) in [5, 5.41) is 15.4. The van der Waals surface area contributed by atoms with Crippen molar-refractivity contribution in [3.05, 3.63) is 47.3 Å². The highest BCUT2D eigenvalue weighted by Gasteiger charge is 2.09. The second-order valence-corrected chi connectivity index (χ2v) is 7.41. The molecule has 0 aliphatic carbocycles. The lowest BCUT2D eigenvalue weighted by Crippen LogP contribution is -2.36. The largest absolute Gasteiger partial charge is 0.359 e. The summed E-state index contributed by atoms with van der Waals surface area (Å²) in [6, 6.07) is 8.35. The summed E-state index contributed by atoms with van der Waals surface area (Å²) in [5.74, 6) is 1.58. The highest BCUT2D eigenvalue weighted by Crippen LogP contribution is 2.13. The van der Waals surface area contributed by atoms with Crippen molar-refractivity contribution in [1.82, 2.24) is 15.8 Å². The molecule has 0 saturated carbocycles. The SMILES string of the molecule is CN=C(NCc1cccc(S(N)(=O)=O)c1)NCc1cc(C(C)C)no1. The summed E-state index contributed by atoms with van der Waals surface area (Å²) in [6.07, 6.45) is 0. The lowest BCUT2D eigenvalue weighted by Gasteiger charge is -2.11. The predicted octanol–water partition coefficient (Wildman–Crippen LogP) is 1.31. The first-order valence-electron chi connectivity index (χ1n) is 7.81. The van der Waals surface area contributed by atoms with Gasteiger partial charge in [-0.1, -0.05) is 31.1 Å². The zero-order chi connectivity index (χ0) is 18.4. The van der Waals surface area contributed by atoms with Crippen LogP contribution in [0.4, 0.5) is 0 Å². The maximum Gasteiger partial charge on any atom is 0.238 e. The molecular weight excluding hydrogens is 342 g/mol. The van der Waals surface area contributed by atoms with Crippen LogP contribution in [0.25, 0.3) is 0 Å². The molecule has 136 valence electrons. The minimum absolute atomic E-state index is 0.0811. The molecule has 0 radical (unpaired) electrons. The average molecular weight is 365 g/mol. The van der Waals surface area contributed by atoms with Gasteiger partial charge in [-0.3, -0.25) is 4.99 Å². The van der Waals surface area contributed by atoms with E-state index in [1.54, 1.807) is 19.2 Å². The van der Waals surface area contributed by atoms with Crippen molar-refractivity contribution < 1.29 is 12.9 Å². The van der Waals surface area contributed by atoms with Crippen LogP contribution in [0.1, 0.15) is 36.8 Å².